The van der Waals surface area contributed by atoms with Gasteiger partial charge in [-0.25, -0.2) is 0 Å². The molecule has 0 heterocycles. The van der Waals surface area contributed by atoms with Crippen molar-refractivity contribution in [2.75, 3.05) is 25.0 Å². The summed E-state index contributed by atoms with van der Waals surface area (Å²) in [5.74, 6) is 0. The summed E-state index contributed by atoms with van der Waals surface area (Å²) >= 11 is 0. The molecule has 2 nitrogen and oxygen atoms in total. The Morgan fingerprint density at radius 2 is 1.67 bits per heavy atom. The van der Waals surface area contributed by atoms with E-state index in [1.54, 1.807) is 0 Å². The van der Waals surface area contributed by atoms with Gasteiger partial charge in [-0.15, -0.1) is 0 Å². The Hall–Kier alpha value is -1.02. The summed E-state index contributed by atoms with van der Waals surface area (Å²) in [6.07, 6.45) is 5.20. The van der Waals surface area contributed by atoms with Crippen LogP contribution >= 0.6 is 0 Å². The lowest BCUT2D eigenvalue weighted by atomic mass is 10.1. The first-order chi connectivity index (χ1) is 9.79. The smallest absolute Gasteiger partial charge is 0.0393 e. The SMILES string of the molecule is Cc1ccc(N(C)CCCCCCNC(C)(C)C)c(C)c1. The fraction of sp³-hybridized carbons (Fsp3) is 0.684. The molecule has 21 heavy (non-hydrogen) atoms. The minimum Gasteiger partial charge on any atom is -0.374 e. The first-order valence-electron chi connectivity index (χ1n) is 8.33. The Kier molecular flexibility index (Phi) is 7.24. The molecule has 0 saturated carbocycles. The molecule has 0 unspecified atom stereocenters. The highest BCUT2D eigenvalue weighted by Crippen LogP contribution is 2.20. The van der Waals surface area contributed by atoms with Gasteiger partial charge in [0.2, 0.25) is 0 Å². The number of anilines is 1. The van der Waals surface area contributed by atoms with Gasteiger partial charge in [0.25, 0.3) is 0 Å². The zero-order valence-electron chi connectivity index (χ0n) is 14.9. The van der Waals surface area contributed by atoms with E-state index in [2.05, 4.69) is 70.1 Å². The van der Waals surface area contributed by atoms with Crippen molar-refractivity contribution in [2.24, 2.45) is 0 Å². The largest absolute Gasteiger partial charge is 0.374 e. The Bertz CT molecular complexity index is 418. The lowest BCUT2D eigenvalue weighted by Crippen LogP contribution is -2.36. The predicted octanol–water partition coefficient (Wildman–Crippen LogP) is 4.69. The van der Waals surface area contributed by atoms with E-state index in [1.807, 2.05) is 0 Å². The van der Waals surface area contributed by atoms with Gasteiger partial charge in [-0.1, -0.05) is 30.5 Å². The van der Waals surface area contributed by atoms with Crippen molar-refractivity contribution in [3.63, 3.8) is 0 Å². The van der Waals surface area contributed by atoms with Crippen molar-refractivity contribution in [2.45, 2.75) is 65.8 Å². The van der Waals surface area contributed by atoms with Crippen LogP contribution in [0.2, 0.25) is 0 Å². The number of rotatable bonds is 8. The molecule has 1 aromatic carbocycles. The Morgan fingerprint density at radius 3 is 2.29 bits per heavy atom. The molecule has 0 aliphatic heterocycles. The quantitative estimate of drug-likeness (QED) is 0.699. The zero-order chi connectivity index (χ0) is 15.9. The van der Waals surface area contributed by atoms with E-state index in [9.17, 15) is 0 Å². The molecule has 0 aromatic heterocycles. The molecule has 0 aliphatic rings. The molecule has 2 heteroatoms. The topological polar surface area (TPSA) is 15.3 Å². The van der Waals surface area contributed by atoms with E-state index in [1.165, 1.54) is 42.5 Å². The van der Waals surface area contributed by atoms with E-state index < -0.39 is 0 Å². The zero-order valence-corrected chi connectivity index (χ0v) is 14.9. The van der Waals surface area contributed by atoms with Crippen LogP contribution in [0.25, 0.3) is 0 Å². The highest BCUT2D eigenvalue weighted by molar-refractivity contribution is 5.53. The normalized spacial score (nSPS) is 11.7. The minimum absolute atomic E-state index is 0.253. The van der Waals surface area contributed by atoms with Gasteiger partial charge in [0.1, 0.15) is 0 Å². The lowest BCUT2D eigenvalue weighted by molar-refractivity contribution is 0.416. The van der Waals surface area contributed by atoms with Crippen LogP contribution in [0, 0.1) is 13.8 Å². The van der Waals surface area contributed by atoms with Crippen LogP contribution in [0.4, 0.5) is 5.69 Å². The van der Waals surface area contributed by atoms with E-state index in [0.717, 1.165) is 13.1 Å². The van der Waals surface area contributed by atoms with Crippen LogP contribution in [0.15, 0.2) is 18.2 Å². The number of benzene rings is 1. The number of hydrogen-bond acceptors (Lipinski definition) is 2. The molecule has 0 spiro atoms. The van der Waals surface area contributed by atoms with Gasteiger partial charge in [-0.2, -0.15) is 0 Å². The fourth-order valence-electron chi connectivity index (χ4n) is 2.65. The summed E-state index contributed by atoms with van der Waals surface area (Å²) in [6.45, 7) is 13.3. The maximum absolute atomic E-state index is 3.55. The summed E-state index contributed by atoms with van der Waals surface area (Å²) in [5, 5.41) is 3.55. The third-order valence-electron chi connectivity index (χ3n) is 3.84. The Balaban J connectivity index is 2.18. The van der Waals surface area contributed by atoms with Gasteiger partial charge in [0.05, 0.1) is 0 Å². The van der Waals surface area contributed by atoms with Gasteiger partial charge >= 0.3 is 0 Å². The molecule has 1 rings (SSSR count). The molecule has 1 N–H and O–H groups in total. The summed E-state index contributed by atoms with van der Waals surface area (Å²) < 4.78 is 0. The number of aryl methyl sites for hydroxylation is 2. The van der Waals surface area contributed by atoms with Gasteiger partial charge in [-0.3, -0.25) is 0 Å². The van der Waals surface area contributed by atoms with Crippen LogP contribution in [-0.4, -0.2) is 25.7 Å². The van der Waals surface area contributed by atoms with Crippen molar-refractivity contribution < 1.29 is 0 Å². The second-order valence-corrected chi connectivity index (χ2v) is 7.30. The van der Waals surface area contributed by atoms with Gasteiger partial charge in [-0.05, 0) is 65.6 Å². The lowest BCUT2D eigenvalue weighted by Gasteiger charge is -2.22. The van der Waals surface area contributed by atoms with Crippen molar-refractivity contribution >= 4 is 5.69 Å². The van der Waals surface area contributed by atoms with Crippen LogP contribution in [-0.2, 0) is 0 Å². The fourth-order valence-corrected chi connectivity index (χ4v) is 2.65. The molecular weight excluding hydrogens is 256 g/mol. The second kappa shape index (κ2) is 8.43. The molecule has 0 atom stereocenters. The first kappa shape index (κ1) is 18.0. The molecule has 0 saturated heterocycles. The standard InChI is InChI=1S/C19H34N2/c1-16-11-12-18(17(2)15-16)21(6)14-10-8-7-9-13-20-19(3,4)5/h11-12,15,20H,7-10,13-14H2,1-6H3. The van der Waals surface area contributed by atoms with E-state index in [-0.39, 0.29) is 5.54 Å². The summed E-state index contributed by atoms with van der Waals surface area (Å²) in [6, 6.07) is 6.72. The van der Waals surface area contributed by atoms with Crippen LogP contribution < -0.4 is 10.2 Å². The number of unbranched alkanes of at least 4 members (excludes halogenated alkanes) is 3. The predicted molar refractivity (Wildman–Crippen MR) is 95.4 cm³/mol. The molecule has 0 aliphatic carbocycles. The molecule has 0 amide bonds. The monoisotopic (exact) mass is 290 g/mol. The Morgan fingerprint density at radius 1 is 1.00 bits per heavy atom. The van der Waals surface area contributed by atoms with E-state index in [0.29, 0.717) is 0 Å². The summed E-state index contributed by atoms with van der Waals surface area (Å²) in [4.78, 5) is 2.39. The maximum Gasteiger partial charge on any atom is 0.0393 e. The van der Waals surface area contributed by atoms with Crippen molar-refractivity contribution in [1.82, 2.24) is 5.32 Å². The Labute approximate surface area is 131 Å². The molecule has 120 valence electrons. The molecule has 1 aromatic rings. The summed E-state index contributed by atoms with van der Waals surface area (Å²) in [5.41, 5.74) is 4.35. The van der Waals surface area contributed by atoms with Crippen molar-refractivity contribution in [1.29, 1.82) is 0 Å². The number of hydrogen-bond donors (Lipinski definition) is 1. The highest BCUT2D eigenvalue weighted by Gasteiger charge is 2.07. The van der Waals surface area contributed by atoms with Crippen molar-refractivity contribution in [3.05, 3.63) is 29.3 Å². The molecule has 0 fully saturated rings. The van der Waals surface area contributed by atoms with Crippen molar-refractivity contribution in [3.8, 4) is 0 Å². The average molecular weight is 290 g/mol. The van der Waals surface area contributed by atoms with Gasteiger partial charge < -0.3 is 10.2 Å². The van der Waals surface area contributed by atoms with E-state index in [4.69, 9.17) is 0 Å². The first-order valence-corrected chi connectivity index (χ1v) is 8.33. The van der Waals surface area contributed by atoms with Crippen LogP contribution in [0.5, 0.6) is 0 Å². The number of nitrogens with zero attached hydrogens (tertiary/aromatic N) is 1. The van der Waals surface area contributed by atoms with Crippen LogP contribution in [0.1, 0.15) is 57.6 Å². The van der Waals surface area contributed by atoms with E-state index >= 15 is 0 Å². The third-order valence-corrected chi connectivity index (χ3v) is 3.84. The average Bonchev–Trinajstić information content (AvgIpc) is 2.36. The number of nitrogens with one attached hydrogen (secondary N) is 1. The maximum atomic E-state index is 3.55. The molecule has 0 radical (unpaired) electrons. The van der Waals surface area contributed by atoms with Gasteiger partial charge in [0, 0.05) is 24.8 Å². The summed E-state index contributed by atoms with van der Waals surface area (Å²) in [7, 11) is 2.21. The third kappa shape index (κ3) is 7.52. The highest BCUT2D eigenvalue weighted by atomic mass is 15.1. The van der Waals surface area contributed by atoms with Gasteiger partial charge in [0.15, 0.2) is 0 Å². The van der Waals surface area contributed by atoms with Crippen LogP contribution in [0.3, 0.4) is 0 Å². The minimum atomic E-state index is 0.253. The second-order valence-electron chi connectivity index (χ2n) is 7.30. The molecular formula is C19H34N2. The molecule has 0 bridgehead atoms.